The molecule has 1 amide bonds. The number of hydrogen-bond donors (Lipinski definition) is 2. The molecule has 5 aromatic rings. The summed E-state index contributed by atoms with van der Waals surface area (Å²) in [5.74, 6) is 0.833. The Morgan fingerprint density at radius 3 is 2.76 bits per heavy atom. The number of hydrogen-bond acceptors (Lipinski definition) is 5. The molecule has 0 fully saturated rings. The van der Waals surface area contributed by atoms with Gasteiger partial charge in [-0.15, -0.1) is 0 Å². The van der Waals surface area contributed by atoms with Gasteiger partial charge >= 0.3 is 0 Å². The number of para-hydroxylation sites is 2. The van der Waals surface area contributed by atoms with Gasteiger partial charge in [-0.2, -0.15) is 4.98 Å². The van der Waals surface area contributed by atoms with Crippen LogP contribution in [0, 0.1) is 12.7 Å². The van der Waals surface area contributed by atoms with Crippen LogP contribution in [0.25, 0.3) is 33.8 Å². The highest BCUT2D eigenvalue weighted by molar-refractivity contribution is 5.91. The molecule has 0 aliphatic carbocycles. The highest BCUT2D eigenvalue weighted by Gasteiger charge is 2.13. The first kappa shape index (κ1) is 20.6. The third-order valence-corrected chi connectivity index (χ3v) is 5.27. The SMILES string of the molecule is Cc1ccc(-c2noc(CCC(=O)Nc3cccc(-c4nc5ccccc5[nH]4)c3)n2)cc1F. The summed E-state index contributed by atoms with van der Waals surface area (Å²) in [5.41, 5.74) is 4.45. The van der Waals surface area contributed by atoms with E-state index in [1.165, 1.54) is 6.07 Å². The summed E-state index contributed by atoms with van der Waals surface area (Å²) in [6, 6.07) is 20.0. The van der Waals surface area contributed by atoms with Crippen molar-refractivity contribution in [3.63, 3.8) is 0 Å². The number of carbonyl (C=O) groups is 1. The van der Waals surface area contributed by atoms with Crippen molar-refractivity contribution in [3.05, 3.63) is 84.0 Å². The molecule has 33 heavy (non-hydrogen) atoms. The van der Waals surface area contributed by atoms with Gasteiger partial charge in [-0.3, -0.25) is 4.79 Å². The first-order chi connectivity index (χ1) is 16.0. The lowest BCUT2D eigenvalue weighted by Gasteiger charge is -2.06. The van der Waals surface area contributed by atoms with Gasteiger partial charge in [-0.05, 0) is 42.8 Å². The molecule has 2 N–H and O–H groups in total. The lowest BCUT2D eigenvalue weighted by molar-refractivity contribution is -0.116. The second-order valence-corrected chi connectivity index (χ2v) is 7.71. The van der Waals surface area contributed by atoms with Crippen LogP contribution in [-0.4, -0.2) is 26.0 Å². The van der Waals surface area contributed by atoms with Crippen molar-refractivity contribution in [2.75, 3.05) is 5.32 Å². The van der Waals surface area contributed by atoms with Crippen LogP contribution in [0.2, 0.25) is 0 Å². The average Bonchev–Trinajstić information content (AvgIpc) is 3.47. The summed E-state index contributed by atoms with van der Waals surface area (Å²) < 4.78 is 19.0. The highest BCUT2D eigenvalue weighted by atomic mass is 19.1. The van der Waals surface area contributed by atoms with Gasteiger partial charge in [0.2, 0.25) is 17.6 Å². The third kappa shape index (κ3) is 4.50. The molecule has 164 valence electrons. The number of anilines is 1. The summed E-state index contributed by atoms with van der Waals surface area (Å²) in [6.07, 6.45) is 0.440. The number of aromatic nitrogens is 4. The number of carbonyl (C=O) groups excluding carboxylic acids is 1. The molecule has 0 saturated heterocycles. The maximum atomic E-state index is 13.8. The summed E-state index contributed by atoms with van der Waals surface area (Å²) in [5, 5.41) is 6.78. The summed E-state index contributed by atoms with van der Waals surface area (Å²) in [7, 11) is 0. The molecule has 2 heterocycles. The topological polar surface area (TPSA) is 96.7 Å². The van der Waals surface area contributed by atoms with Crippen molar-refractivity contribution in [1.82, 2.24) is 20.1 Å². The number of aryl methyl sites for hydroxylation is 2. The van der Waals surface area contributed by atoms with E-state index in [0.29, 0.717) is 28.5 Å². The van der Waals surface area contributed by atoms with Crippen molar-refractivity contribution >= 4 is 22.6 Å². The molecule has 2 aromatic heterocycles. The van der Waals surface area contributed by atoms with Crippen molar-refractivity contribution in [2.45, 2.75) is 19.8 Å². The van der Waals surface area contributed by atoms with Crippen molar-refractivity contribution < 1.29 is 13.7 Å². The van der Waals surface area contributed by atoms with Gasteiger partial charge in [0, 0.05) is 29.7 Å². The summed E-state index contributed by atoms with van der Waals surface area (Å²) >= 11 is 0. The van der Waals surface area contributed by atoms with E-state index in [2.05, 4.69) is 25.4 Å². The molecule has 0 spiro atoms. The van der Waals surface area contributed by atoms with Crippen LogP contribution < -0.4 is 5.32 Å². The number of H-pyrrole nitrogens is 1. The zero-order chi connectivity index (χ0) is 22.8. The number of nitrogens with one attached hydrogen (secondary N) is 2. The fraction of sp³-hybridized carbons (Fsp3) is 0.120. The lowest BCUT2D eigenvalue weighted by atomic mass is 10.1. The predicted octanol–water partition coefficient (Wildman–Crippen LogP) is 5.30. The molecule has 0 unspecified atom stereocenters. The number of nitrogens with zero attached hydrogens (tertiary/aromatic N) is 3. The first-order valence-corrected chi connectivity index (χ1v) is 10.5. The summed E-state index contributed by atoms with van der Waals surface area (Å²) in [4.78, 5) is 24.6. The third-order valence-electron chi connectivity index (χ3n) is 5.27. The van der Waals surface area contributed by atoms with E-state index in [9.17, 15) is 9.18 Å². The van der Waals surface area contributed by atoms with E-state index in [1.54, 1.807) is 19.1 Å². The molecule has 0 atom stereocenters. The molecule has 5 rings (SSSR count). The monoisotopic (exact) mass is 441 g/mol. The van der Waals surface area contributed by atoms with Gasteiger partial charge in [-0.1, -0.05) is 41.6 Å². The summed E-state index contributed by atoms with van der Waals surface area (Å²) in [6.45, 7) is 1.69. The Hall–Kier alpha value is -4.33. The fourth-order valence-corrected chi connectivity index (χ4v) is 3.48. The number of fused-ring (bicyclic) bond motifs is 1. The smallest absolute Gasteiger partial charge is 0.227 e. The second-order valence-electron chi connectivity index (χ2n) is 7.71. The minimum Gasteiger partial charge on any atom is -0.339 e. The fourth-order valence-electron chi connectivity index (χ4n) is 3.48. The molecule has 0 aliphatic heterocycles. The lowest BCUT2D eigenvalue weighted by Crippen LogP contribution is -2.12. The molecular weight excluding hydrogens is 421 g/mol. The molecule has 0 radical (unpaired) electrons. The zero-order valence-corrected chi connectivity index (χ0v) is 17.8. The molecule has 7 nitrogen and oxygen atoms in total. The maximum Gasteiger partial charge on any atom is 0.227 e. The van der Waals surface area contributed by atoms with E-state index in [1.807, 2.05) is 48.5 Å². The average molecular weight is 441 g/mol. The Morgan fingerprint density at radius 2 is 1.91 bits per heavy atom. The van der Waals surface area contributed by atoms with Gasteiger partial charge in [0.25, 0.3) is 0 Å². The molecule has 0 aliphatic rings. The normalized spacial score (nSPS) is 11.1. The zero-order valence-electron chi connectivity index (χ0n) is 17.8. The van der Waals surface area contributed by atoms with E-state index in [0.717, 1.165) is 22.4 Å². The van der Waals surface area contributed by atoms with E-state index in [4.69, 9.17) is 4.52 Å². The Morgan fingerprint density at radius 1 is 1.03 bits per heavy atom. The standard InChI is InChI=1S/C25H20FN5O2/c1-15-9-10-17(14-19(15)26)25-30-23(33-31-25)12-11-22(32)27-18-6-4-5-16(13-18)24-28-20-7-2-3-8-21(20)29-24/h2-10,13-14H,11-12H2,1H3,(H,27,32)(H,28,29). The number of benzene rings is 3. The van der Waals surface area contributed by atoms with Crippen molar-refractivity contribution in [3.8, 4) is 22.8 Å². The Balaban J connectivity index is 1.22. The van der Waals surface area contributed by atoms with Gasteiger partial charge in [0.05, 0.1) is 11.0 Å². The van der Waals surface area contributed by atoms with Gasteiger partial charge in [0.15, 0.2) is 0 Å². The quantitative estimate of drug-likeness (QED) is 0.373. The van der Waals surface area contributed by atoms with E-state index < -0.39 is 0 Å². The van der Waals surface area contributed by atoms with Crippen LogP contribution >= 0.6 is 0 Å². The first-order valence-electron chi connectivity index (χ1n) is 10.5. The molecule has 0 saturated carbocycles. The minimum atomic E-state index is -0.330. The van der Waals surface area contributed by atoms with Gasteiger partial charge in [0.1, 0.15) is 11.6 Å². The molecule has 8 heteroatoms. The second kappa shape index (κ2) is 8.66. The van der Waals surface area contributed by atoms with E-state index >= 15 is 0 Å². The van der Waals surface area contributed by atoms with Crippen LogP contribution in [0.4, 0.5) is 10.1 Å². The molecule has 0 bridgehead atoms. The number of halogens is 1. The molecule has 3 aromatic carbocycles. The number of rotatable bonds is 6. The van der Waals surface area contributed by atoms with E-state index in [-0.39, 0.29) is 24.6 Å². The van der Waals surface area contributed by atoms with Crippen LogP contribution in [0.3, 0.4) is 0 Å². The van der Waals surface area contributed by atoms with Crippen LogP contribution in [0.5, 0.6) is 0 Å². The van der Waals surface area contributed by atoms with Gasteiger partial charge in [-0.25, -0.2) is 9.37 Å². The highest BCUT2D eigenvalue weighted by Crippen LogP contribution is 2.23. The molecular formula is C25H20FN5O2. The predicted molar refractivity (Wildman–Crippen MR) is 123 cm³/mol. The Bertz CT molecular complexity index is 1420. The number of amides is 1. The van der Waals surface area contributed by atoms with Crippen molar-refractivity contribution in [2.24, 2.45) is 0 Å². The maximum absolute atomic E-state index is 13.8. The van der Waals surface area contributed by atoms with Crippen LogP contribution in [0.15, 0.2) is 71.3 Å². The Kier molecular flexibility index (Phi) is 5.40. The minimum absolute atomic E-state index is 0.165. The van der Waals surface area contributed by atoms with Crippen LogP contribution in [-0.2, 0) is 11.2 Å². The van der Waals surface area contributed by atoms with Gasteiger partial charge < -0.3 is 14.8 Å². The number of aromatic amines is 1. The Labute approximate surface area is 188 Å². The largest absolute Gasteiger partial charge is 0.339 e. The number of imidazole rings is 1. The van der Waals surface area contributed by atoms with Crippen molar-refractivity contribution in [1.29, 1.82) is 0 Å². The van der Waals surface area contributed by atoms with Crippen LogP contribution in [0.1, 0.15) is 17.9 Å².